The quantitative estimate of drug-likeness (QED) is 0.587. The van der Waals surface area contributed by atoms with Gasteiger partial charge in [0.15, 0.2) is 11.7 Å². The molecule has 2 aliphatic heterocycles. The van der Waals surface area contributed by atoms with Gasteiger partial charge in [-0.15, -0.1) is 0 Å². The molecule has 0 bridgehead atoms. The zero-order chi connectivity index (χ0) is 22.3. The first-order valence-corrected chi connectivity index (χ1v) is 11.0. The van der Waals surface area contributed by atoms with E-state index >= 15 is 0 Å². The minimum Gasteiger partial charge on any atom is -0.457 e. The van der Waals surface area contributed by atoms with E-state index in [2.05, 4.69) is 98.0 Å². The van der Waals surface area contributed by atoms with Crippen LogP contribution < -0.4 is 10.2 Å². The summed E-state index contributed by atoms with van der Waals surface area (Å²) >= 11 is 0. The third-order valence-electron chi connectivity index (χ3n) is 6.16. The number of benzene rings is 3. The summed E-state index contributed by atoms with van der Waals surface area (Å²) in [5, 5.41) is 3.22. The fourth-order valence-electron chi connectivity index (χ4n) is 4.36. The lowest BCUT2D eigenvalue weighted by Gasteiger charge is -2.39. The maximum atomic E-state index is 6.83. The molecule has 5 nitrogen and oxygen atoms in total. The zero-order valence-electron chi connectivity index (χ0n) is 19.1. The van der Waals surface area contributed by atoms with Crippen LogP contribution in [0.4, 0.5) is 11.4 Å². The maximum absolute atomic E-state index is 6.83. The van der Waals surface area contributed by atoms with E-state index in [9.17, 15) is 0 Å². The smallest absolute Gasteiger partial charge is 0.222 e. The molecule has 0 aliphatic carbocycles. The number of hydrogen-bond donors (Lipinski definition) is 1. The van der Waals surface area contributed by atoms with Gasteiger partial charge in [0.05, 0.1) is 12.3 Å². The molecule has 0 spiro atoms. The van der Waals surface area contributed by atoms with Crippen LogP contribution in [0.2, 0.25) is 0 Å². The van der Waals surface area contributed by atoms with Gasteiger partial charge in [0.1, 0.15) is 0 Å². The highest BCUT2D eigenvalue weighted by atomic mass is 16.6. The Bertz CT molecular complexity index is 1150. The Morgan fingerprint density at radius 3 is 2.25 bits per heavy atom. The van der Waals surface area contributed by atoms with E-state index in [1.165, 1.54) is 11.1 Å². The van der Waals surface area contributed by atoms with Crippen molar-refractivity contribution >= 4 is 17.3 Å². The largest absolute Gasteiger partial charge is 0.457 e. The van der Waals surface area contributed by atoms with Crippen molar-refractivity contribution in [3.8, 4) is 0 Å². The van der Waals surface area contributed by atoms with Crippen molar-refractivity contribution in [2.45, 2.75) is 25.2 Å². The van der Waals surface area contributed by atoms with Crippen LogP contribution in [0.3, 0.4) is 0 Å². The average Bonchev–Trinajstić information content (AvgIpc) is 3.64. The highest BCUT2D eigenvalue weighted by Crippen LogP contribution is 2.48. The molecule has 5 rings (SSSR count). The number of epoxide rings is 1. The molecule has 3 aromatic carbocycles. The second-order valence-corrected chi connectivity index (χ2v) is 8.74. The number of hydrogen-bond acceptors (Lipinski definition) is 5. The van der Waals surface area contributed by atoms with Crippen LogP contribution in [-0.4, -0.2) is 39.8 Å². The molecule has 2 unspecified atom stereocenters. The van der Waals surface area contributed by atoms with E-state index in [-0.39, 0.29) is 6.10 Å². The third kappa shape index (κ3) is 3.57. The lowest BCUT2D eigenvalue weighted by Crippen LogP contribution is -2.39. The summed E-state index contributed by atoms with van der Waals surface area (Å²) in [5.41, 5.74) is 6.89. The lowest BCUT2D eigenvalue weighted by atomic mass is 9.78. The Morgan fingerprint density at radius 2 is 1.66 bits per heavy atom. The molecule has 1 N–H and O–H groups in total. The van der Waals surface area contributed by atoms with E-state index < -0.39 is 5.60 Å². The van der Waals surface area contributed by atoms with E-state index in [1.54, 1.807) is 0 Å². The SMILES string of the molecule is CNCc1ccc(C2(c3ccc(N(C)C)cc3)OC(C3CO3)=Nc3cc(C)ccc32)cc1. The van der Waals surface area contributed by atoms with Crippen LogP contribution in [0, 0.1) is 6.92 Å². The second-order valence-electron chi connectivity index (χ2n) is 8.74. The molecule has 0 radical (unpaired) electrons. The van der Waals surface area contributed by atoms with Gasteiger partial charge in [0, 0.05) is 43.0 Å². The van der Waals surface area contributed by atoms with E-state index in [0.717, 1.165) is 34.6 Å². The van der Waals surface area contributed by atoms with Crippen molar-refractivity contribution in [3.05, 3.63) is 94.5 Å². The summed E-state index contributed by atoms with van der Waals surface area (Å²) in [4.78, 5) is 6.96. The van der Waals surface area contributed by atoms with Gasteiger partial charge >= 0.3 is 0 Å². The van der Waals surface area contributed by atoms with Crippen molar-refractivity contribution < 1.29 is 9.47 Å². The van der Waals surface area contributed by atoms with Gasteiger partial charge in [-0.3, -0.25) is 0 Å². The average molecular weight is 428 g/mol. The number of nitrogens with zero attached hydrogens (tertiary/aromatic N) is 2. The monoisotopic (exact) mass is 427 g/mol. The second kappa shape index (κ2) is 8.08. The maximum Gasteiger partial charge on any atom is 0.222 e. The molecule has 3 aromatic rings. The highest BCUT2D eigenvalue weighted by molar-refractivity contribution is 5.89. The van der Waals surface area contributed by atoms with E-state index in [1.807, 2.05) is 7.05 Å². The predicted octanol–water partition coefficient (Wildman–Crippen LogP) is 4.53. The van der Waals surface area contributed by atoms with Crippen LogP contribution >= 0.6 is 0 Å². The fraction of sp³-hybridized carbons (Fsp3) is 0.296. The summed E-state index contributed by atoms with van der Waals surface area (Å²) in [6.45, 7) is 3.57. The predicted molar refractivity (Wildman–Crippen MR) is 129 cm³/mol. The standard InChI is InChI=1S/C27H29N3O2/c1-18-5-14-23-24(15-18)29-26(25-17-31-25)32-27(23,20-8-6-19(7-9-20)16-28-2)21-10-12-22(13-11-21)30(3)4/h5-15,25,28H,16-17H2,1-4H3. The van der Waals surface area contributed by atoms with Crippen molar-refractivity contribution in [3.63, 3.8) is 0 Å². The molecule has 0 saturated carbocycles. The Hall–Kier alpha value is -3.15. The number of aliphatic imine (C=N–C) groups is 1. The number of fused-ring (bicyclic) bond motifs is 1. The van der Waals surface area contributed by atoms with E-state index in [0.29, 0.717) is 12.5 Å². The minimum atomic E-state index is -0.797. The van der Waals surface area contributed by atoms with Crippen LogP contribution in [-0.2, 0) is 21.6 Å². The molecule has 164 valence electrons. The third-order valence-corrected chi connectivity index (χ3v) is 6.16. The Labute approximate surface area is 189 Å². The summed E-state index contributed by atoms with van der Waals surface area (Å²) in [6, 6.07) is 23.7. The number of ether oxygens (including phenoxy) is 2. The molecule has 1 fully saturated rings. The van der Waals surface area contributed by atoms with E-state index in [4.69, 9.17) is 14.5 Å². The molecular formula is C27H29N3O2. The van der Waals surface area contributed by atoms with Crippen molar-refractivity contribution in [2.24, 2.45) is 4.99 Å². The van der Waals surface area contributed by atoms with Crippen LogP contribution in [0.5, 0.6) is 0 Å². The van der Waals surface area contributed by atoms with Crippen molar-refractivity contribution in [2.75, 3.05) is 32.6 Å². The summed E-state index contributed by atoms with van der Waals surface area (Å²) in [7, 11) is 6.06. The molecule has 32 heavy (non-hydrogen) atoms. The molecule has 5 heteroatoms. The van der Waals surface area contributed by atoms with Gasteiger partial charge in [-0.2, -0.15) is 0 Å². The first kappa shape index (κ1) is 20.7. The van der Waals surface area contributed by atoms with Crippen LogP contribution in [0.25, 0.3) is 0 Å². The van der Waals surface area contributed by atoms with Crippen molar-refractivity contribution in [1.29, 1.82) is 0 Å². The van der Waals surface area contributed by atoms with Crippen LogP contribution in [0.1, 0.15) is 27.8 Å². The number of anilines is 1. The fourth-order valence-corrected chi connectivity index (χ4v) is 4.36. The Kier molecular flexibility index (Phi) is 5.24. The first-order chi connectivity index (χ1) is 15.5. The molecule has 2 atom stereocenters. The van der Waals surface area contributed by atoms with Gasteiger partial charge in [0.25, 0.3) is 0 Å². The molecule has 0 aromatic heterocycles. The van der Waals surface area contributed by atoms with Gasteiger partial charge in [-0.25, -0.2) is 4.99 Å². The lowest BCUT2D eigenvalue weighted by molar-refractivity contribution is 0.127. The van der Waals surface area contributed by atoms with Gasteiger partial charge in [-0.05, 0) is 43.3 Å². The van der Waals surface area contributed by atoms with Gasteiger partial charge < -0.3 is 19.7 Å². The van der Waals surface area contributed by atoms with Gasteiger partial charge in [-0.1, -0.05) is 48.5 Å². The van der Waals surface area contributed by atoms with Gasteiger partial charge in [0.2, 0.25) is 5.90 Å². The normalized spacial score (nSPS) is 21.4. The Balaban J connectivity index is 1.74. The number of rotatable bonds is 6. The zero-order valence-corrected chi connectivity index (χ0v) is 19.1. The molecule has 2 heterocycles. The summed E-state index contributed by atoms with van der Waals surface area (Å²) < 4.78 is 12.4. The molecule has 2 aliphatic rings. The van der Waals surface area contributed by atoms with Crippen LogP contribution in [0.15, 0.2) is 71.7 Å². The minimum absolute atomic E-state index is 0.0762. The number of aryl methyl sites for hydroxylation is 1. The topological polar surface area (TPSA) is 49.4 Å². The highest BCUT2D eigenvalue weighted by Gasteiger charge is 2.47. The Morgan fingerprint density at radius 1 is 1.00 bits per heavy atom. The molecule has 0 amide bonds. The molecule has 1 saturated heterocycles. The van der Waals surface area contributed by atoms with Crippen molar-refractivity contribution in [1.82, 2.24) is 5.32 Å². The summed E-state index contributed by atoms with van der Waals surface area (Å²) in [5.74, 6) is 0.652. The molecular weight excluding hydrogens is 398 g/mol. The first-order valence-electron chi connectivity index (χ1n) is 11.0. The summed E-state index contributed by atoms with van der Waals surface area (Å²) in [6.07, 6.45) is -0.0762. The number of nitrogens with one attached hydrogen (secondary N) is 1.